The van der Waals surface area contributed by atoms with Gasteiger partial charge in [0.15, 0.2) is 0 Å². The second kappa shape index (κ2) is 6.25. The average Bonchev–Trinajstić information content (AvgIpc) is 3.08. The molecule has 1 fully saturated rings. The summed E-state index contributed by atoms with van der Waals surface area (Å²) in [5.74, 6) is 0.255. The number of carboxylic acid groups (broad SMARTS) is 1. The van der Waals surface area contributed by atoms with Crippen LogP contribution in [0.2, 0.25) is 0 Å². The van der Waals surface area contributed by atoms with Gasteiger partial charge in [0.25, 0.3) is 0 Å². The summed E-state index contributed by atoms with van der Waals surface area (Å²) in [6.45, 7) is 2.07. The maximum absolute atomic E-state index is 10.9. The number of likely N-dealkylation sites (tertiary alicyclic amines) is 1. The van der Waals surface area contributed by atoms with Crippen LogP contribution in [0.1, 0.15) is 18.7 Å². The third-order valence-electron chi connectivity index (χ3n) is 3.56. The van der Waals surface area contributed by atoms with Crippen molar-refractivity contribution in [3.05, 3.63) is 21.8 Å². The Kier molecular flexibility index (Phi) is 4.37. The molecule has 0 bridgehead atoms. The lowest BCUT2D eigenvalue weighted by Gasteiger charge is -2.28. The summed E-state index contributed by atoms with van der Waals surface area (Å²) in [6, 6.07) is 3.90. The predicted octanol–water partition coefficient (Wildman–Crippen LogP) is 2.86. The number of nitrogens with zero attached hydrogens (tertiary/aromatic N) is 3. The number of piperidine rings is 1. The van der Waals surface area contributed by atoms with Crippen LogP contribution in [0.5, 0.6) is 0 Å². The first kappa shape index (κ1) is 14.7. The molecule has 2 aromatic rings. The lowest BCUT2D eigenvalue weighted by atomic mass is 9.97. The quantitative estimate of drug-likeness (QED) is 0.889. The number of hydrogen-bond donors (Lipinski definition) is 1. The molecule has 1 aliphatic heterocycles. The van der Waals surface area contributed by atoms with Crippen LogP contribution in [-0.2, 0) is 11.3 Å². The lowest BCUT2D eigenvalue weighted by Crippen LogP contribution is -2.35. The van der Waals surface area contributed by atoms with Crippen molar-refractivity contribution in [2.45, 2.75) is 19.4 Å². The van der Waals surface area contributed by atoms with E-state index in [9.17, 15) is 4.79 Å². The second-order valence-electron chi connectivity index (χ2n) is 5.00. The van der Waals surface area contributed by atoms with Gasteiger partial charge in [0.2, 0.25) is 11.7 Å². The van der Waals surface area contributed by atoms with Crippen molar-refractivity contribution in [2.24, 2.45) is 5.92 Å². The first-order valence-electron chi connectivity index (χ1n) is 6.65. The zero-order chi connectivity index (χ0) is 14.8. The van der Waals surface area contributed by atoms with Crippen LogP contribution in [0, 0.1) is 5.92 Å². The zero-order valence-electron chi connectivity index (χ0n) is 11.2. The van der Waals surface area contributed by atoms with Crippen LogP contribution >= 0.6 is 27.3 Å². The van der Waals surface area contributed by atoms with Gasteiger partial charge >= 0.3 is 5.97 Å². The maximum Gasteiger partial charge on any atom is 0.306 e. The van der Waals surface area contributed by atoms with Gasteiger partial charge in [0, 0.05) is 0 Å². The third-order valence-corrected chi connectivity index (χ3v) is 5.18. The Morgan fingerprint density at radius 2 is 2.24 bits per heavy atom. The molecule has 0 saturated carbocycles. The fourth-order valence-corrected chi connectivity index (χ4v) is 3.69. The molecule has 3 rings (SSSR count). The van der Waals surface area contributed by atoms with Crippen molar-refractivity contribution < 1.29 is 14.4 Å². The molecule has 2 aromatic heterocycles. The van der Waals surface area contributed by atoms with E-state index in [0.717, 1.165) is 21.8 Å². The minimum absolute atomic E-state index is 0.219. The normalized spacial score (nSPS) is 17.2. The van der Waals surface area contributed by atoms with Gasteiger partial charge in [-0.2, -0.15) is 4.98 Å². The highest BCUT2D eigenvalue weighted by atomic mass is 79.9. The molecular weight excluding hydrogens is 358 g/mol. The highest BCUT2D eigenvalue weighted by Gasteiger charge is 2.25. The van der Waals surface area contributed by atoms with E-state index in [2.05, 4.69) is 31.0 Å². The number of halogens is 1. The molecule has 0 amide bonds. The van der Waals surface area contributed by atoms with Crippen molar-refractivity contribution in [3.8, 4) is 10.7 Å². The van der Waals surface area contributed by atoms with Gasteiger partial charge in [-0.1, -0.05) is 5.16 Å². The standard InChI is InChI=1S/C13H14BrN3O3S/c14-10-2-1-9(21-10)12-15-11(20-16-12)7-17-5-3-8(4-6-17)13(18)19/h1-2,8H,3-7H2,(H,18,19). The Hall–Kier alpha value is -1.25. The average molecular weight is 372 g/mol. The summed E-state index contributed by atoms with van der Waals surface area (Å²) in [7, 11) is 0. The minimum Gasteiger partial charge on any atom is -0.481 e. The van der Waals surface area contributed by atoms with Crippen molar-refractivity contribution in [2.75, 3.05) is 13.1 Å². The number of aliphatic carboxylic acids is 1. The second-order valence-corrected chi connectivity index (χ2v) is 7.47. The van der Waals surface area contributed by atoms with E-state index >= 15 is 0 Å². The summed E-state index contributed by atoms with van der Waals surface area (Å²) in [5.41, 5.74) is 0. The molecule has 1 saturated heterocycles. The monoisotopic (exact) mass is 371 g/mol. The number of thiophene rings is 1. The van der Waals surface area contributed by atoms with Crippen LogP contribution in [-0.4, -0.2) is 39.2 Å². The summed E-state index contributed by atoms with van der Waals surface area (Å²) < 4.78 is 6.31. The number of hydrogen-bond acceptors (Lipinski definition) is 6. The summed E-state index contributed by atoms with van der Waals surface area (Å²) in [4.78, 5) is 18.4. The third kappa shape index (κ3) is 3.50. The van der Waals surface area contributed by atoms with Gasteiger partial charge in [0.05, 0.1) is 21.1 Å². The van der Waals surface area contributed by atoms with Crippen molar-refractivity contribution >= 4 is 33.2 Å². The van der Waals surface area contributed by atoms with Crippen LogP contribution < -0.4 is 0 Å². The van der Waals surface area contributed by atoms with Gasteiger partial charge in [-0.05, 0) is 54.0 Å². The molecule has 3 heterocycles. The predicted molar refractivity (Wildman–Crippen MR) is 80.9 cm³/mol. The molecule has 21 heavy (non-hydrogen) atoms. The highest BCUT2D eigenvalue weighted by molar-refractivity contribution is 9.11. The van der Waals surface area contributed by atoms with Crippen molar-refractivity contribution in [1.82, 2.24) is 15.0 Å². The SMILES string of the molecule is O=C(O)C1CCN(Cc2nc(-c3ccc(Br)s3)no2)CC1. The molecular formula is C13H14BrN3O3S. The van der Waals surface area contributed by atoms with Gasteiger partial charge in [-0.15, -0.1) is 11.3 Å². The maximum atomic E-state index is 10.9. The fourth-order valence-electron chi connectivity index (χ4n) is 2.38. The molecule has 1 aliphatic rings. The minimum atomic E-state index is -0.696. The first-order valence-corrected chi connectivity index (χ1v) is 8.26. The van der Waals surface area contributed by atoms with Gasteiger partial charge < -0.3 is 9.63 Å². The number of carboxylic acids is 1. The Morgan fingerprint density at radius 1 is 1.48 bits per heavy atom. The molecule has 6 nitrogen and oxygen atoms in total. The number of rotatable bonds is 4. The van der Waals surface area contributed by atoms with Gasteiger partial charge in [0.1, 0.15) is 0 Å². The molecule has 8 heteroatoms. The highest BCUT2D eigenvalue weighted by Crippen LogP contribution is 2.29. The number of carbonyl (C=O) groups is 1. The smallest absolute Gasteiger partial charge is 0.306 e. The molecule has 0 radical (unpaired) electrons. The molecule has 1 N–H and O–H groups in total. The Morgan fingerprint density at radius 3 is 2.86 bits per heavy atom. The summed E-state index contributed by atoms with van der Waals surface area (Å²) >= 11 is 4.97. The molecule has 112 valence electrons. The Balaban J connectivity index is 1.59. The molecule has 0 atom stereocenters. The largest absolute Gasteiger partial charge is 0.481 e. The van der Waals surface area contributed by atoms with E-state index in [1.54, 1.807) is 11.3 Å². The Labute approximate surface area is 133 Å². The molecule has 0 spiro atoms. The van der Waals surface area contributed by atoms with E-state index in [1.165, 1.54) is 0 Å². The molecule has 0 aliphatic carbocycles. The van der Waals surface area contributed by atoms with Crippen molar-refractivity contribution in [1.29, 1.82) is 0 Å². The summed E-state index contributed by atoms with van der Waals surface area (Å²) in [5, 5.41) is 13.0. The van der Waals surface area contributed by atoms with Crippen molar-refractivity contribution in [3.63, 3.8) is 0 Å². The van der Waals surface area contributed by atoms with E-state index in [1.807, 2.05) is 12.1 Å². The van der Waals surface area contributed by atoms with Crippen LogP contribution in [0.25, 0.3) is 10.7 Å². The van der Waals surface area contributed by atoms with Crippen LogP contribution in [0.3, 0.4) is 0 Å². The lowest BCUT2D eigenvalue weighted by molar-refractivity contribution is -0.143. The van der Waals surface area contributed by atoms with E-state index in [0.29, 0.717) is 31.1 Å². The van der Waals surface area contributed by atoms with Gasteiger partial charge in [-0.25, -0.2) is 0 Å². The zero-order valence-corrected chi connectivity index (χ0v) is 13.6. The summed E-state index contributed by atoms with van der Waals surface area (Å²) in [6.07, 6.45) is 1.35. The molecule has 0 unspecified atom stereocenters. The van der Waals surface area contributed by atoms with Crippen LogP contribution in [0.15, 0.2) is 20.4 Å². The fraction of sp³-hybridized carbons (Fsp3) is 0.462. The first-order chi connectivity index (χ1) is 10.1. The Bertz CT molecular complexity index is 634. The van der Waals surface area contributed by atoms with E-state index in [4.69, 9.17) is 9.63 Å². The topological polar surface area (TPSA) is 79.5 Å². The van der Waals surface area contributed by atoms with E-state index in [-0.39, 0.29) is 5.92 Å². The van der Waals surface area contributed by atoms with Gasteiger partial charge in [-0.3, -0.25) is 9.69 Å². The number of aromatic nitrogens is 2. The molecule has 0 aromatic carbocycles. The van der Waals surface area contributed by atoms with Crippen LogP contribution in [0.4, 0.5) is 0 Å². The van der Waals surface area contributed by atoms with E-state index < -0.39 is 5.97 Å².